The molecule has 1 aliphatic heterocycles. The fourth-order valence-electron chi connectivity index (χ4n) is 5.02. The van der Waals surface area contributed by atoms with E-state index in [4.69, 9.17) is 14.2 Å². The van der Waals surface area contributed by atoms with Gasteiger partial charge in [-0.05, 0) is 57.0 Å². The summed E-state index contributed by atoms with van der Waals surface area (Å²) in [6, 6.07) is 12.7. The van der Waals surface area contributed by atoms with Crippen LogP contribution in [0.4, 0.5) is 0 Å². The zero-order chi connectivity index (χ0) is 25.8. The highest BCUT2D eigenvalue weighted by atomic mass is 16.5. The zero-order valence-electron chi connectivity index (χ0n) is 20.9. The molecule has 1 N–H and O–H groups in total. The molecule has 188 valence electrons. The van der Waals surface area contributed by atoms with E-state index in [0.717, 1.165) is 5.56 Å². The minimum Gasteiger partial charge on any atom is -0.497 e. The molecule has 4 rings (SSSR count). The van der Waals surface area contributed by atoms with Crippen molar-refractivity contribution < 1.29 is 28.6 Å². The van der Waals surface area contributed by atoms with Gasteiger partial charge in [0.15, 0.2) is 5.78 Å². The molecule has 0 saturated heterocycles. The quantitative estimate of drug-likeness (QED) is 0.462. The Morgan fingerprint density at radius 1 is 1.06 bits per heavy atom. The summed E-state index contributed by atoms with van der Waals surface area (Å²) >= 11 is 0. The average Bonchev–Trinajstić information content (AvgIpc) is 2.88. The Kier molecular flexibility index (Phi) is 7.52. The zero-order valence-corrected chi connectivity index (χ0v) is 20.9. The van der Waals surface area contributed by atoms with Gasteiger partial charge in [0.1, 0.15) is 11.7 Å². The van der Waals surface area contributed by atoms with Gasteiger partial charge in [0.2, 0.25) is 0 Å². The fraction of sp³-hybridized carbons (Fsp3) is 0.357. The molecule has 0 fully saturated rings. The Morgan fingerprint density at radius 3 is 2.39 bits per heavy atom. The predicted molar refractivity (Wildman–Crippen MR) is 132 cm³/mol. The standard InChI is InChI=1S/C28H30N2O6/c1-5-35-27(32)22-16(3)30-21-15-19(17-10-12-18(34-4)13-11-17)23(28(33)36-6-2)26(31)25(21)24(22)20-9-7-8-14-29-20/h7-14,19,23-24,30H,5-6,15H2,1-4H3/t19-,23+,24-/m1/s1. The summed E-state index contributed by atoms with van der Waals surface area (Å²) in [5.41, 5.74) is 3.29. The van der Waals surface area contributed by atoms with Crippen LogP contribution in [-0.2, 0) is 23.9 Å². The average molecular weight is 491 g/mol. The number of methoxy groups -OCH3 is 1. The fourth-order valence-corrected chi connectivity index (χ4v) is 5.02. The number of nitrogens with zero attached hydrogens (tertiary/aromatic N) is 1. The van der Waals surface area contributed by atoms with E-state index in [1.807, 2.05) is 12.1 Å². The van der Waals surface area contributed by atoms with Crippen molar-refractivity contribution in [1.82, 2.24) is 10.3 Å². The number of aromatic nitrogens is 1. The van der Waals surface area contributed by atoms with E-state index in [9.17, 15) is 14.4 Å². The van der Waals surface area contributed by atoms with Crippen LogP contribution in [0.1, 0.15) is 50.3 Å². The lowest BCUT2D eigenvalue weighted by Gasteiger charge is -2.39. The lowest BCUT2D eigenvalue weighted by molar-refractivity contribution is -0.152. The summed E-state index contributed by atoms with van der Waals surface area (Å²) in [5.74, 6) is -3.09. The van der Waals surface area contributed by atoms with E-state index in [1.165, 1.54) is 0 Å². The molecule has 2 aromatic rings. The summed E-state index contributed by atoms with van der Waals surface area (Å²) in [6.07, 6.45) is 2.00. The largest absolute Gasteiger partial charge is 0.497 e. The van der Waals surface area contributed by atoms with Crippen molar-refractivity contribution in [2.75, 3.05) is 20.3 Å². The number of esters is 2. The number of benzene rings is 1. The molecule has 2 aliphatic rings. The molecule has 0 amide bonds. The maximum absolute atomic E-state index is 14.2. The number of ketones is 1. The van der Waals surface area contributed by atoms with Crippen LogP contribution in [0.2, 0.25) is 0 Å². The van der Waals surface area contributed by atoms with Crippen LogP contribution >= 0.6 is 0 Å². The Bertz CT molecular complexity index is 1220. The van der Waals surface area contributed by atoms with Crippen LogP contribution in [0.25, 0.3) is 0 Å². The number of carbonyl (C=O) groups excluding carboxylic acids is 3. The lowest BCUT2D eigenvalue weighted by atomic mass is 9.67. The number of pyridine rings is 1. The van der Waals surface area contributed by atoms with Crippen LogP contribution in [0.5, 0.6) is 5.75 Å². The molecule has 8 nitrogen and oxygen atoms in total. The van der Waals surface area contributed by atoms with Crippen LogP contribution in [0, 0.1) is 5.92 Å². The van der Waals surface area contributed by atoms with E-state index < -0.39 is 29.7 Å². The first-order valence-corrected chi connectivity index (χ1v) is 12.0. The van der Waals surface area contributed by atoms with Gasteiger partial charge in [-0.25, -0.2) is 4.79 Å². The molecule has 1 aromatic heterocycles. The van der Waals surface area contributed by atoms with Crippen LogP contribution in [-0.4, -0.2) is 43.0 Å². The van der Waals surface area contributed by atoms with Crippen LogP contribution in [0.3, 0.4) is 0 Å². The van der Waals surface area contributed by atoms with Gasteiger partial charge in [-0.15, -0.1) is 0 Å². The Hall–Kier alpha value is -3.94. The smallest absolute Gasteiger partial charge is 0.336 e. The van der Waals surface area contributed by atoms with E-state index in [0.29, 0.717) is 40.4 Å². The van der Waals surface area contributed by atoms with Crippen molar-refractivity contribution in [2.24, 2.45) is 5.92 Å². The number of ether oxygens (including phenoxy) is 3. The van der Waals surface area contributed by atoms with E-state index in [-0.39, 0.29) is 19.0 Å². The molecule has 36 heavy (non-hydrogen) atoms. The summed E-state index contributed by atoms with van der Waals surface area (Å²) in [7, 11) is 1.58. The summed E-state index contributed by atoms with van der Waals surface area (Å²) in [4.78, 5) is 44.9. The first-order valence-electron chi connectivity index (χ1n) is 12.0. The van der Waals surface area contributed by atoms with Crippen molar-refractivity contribution >= 4 is 17.7 Å². The molecule has 0 saturated carbocycles. The van der Waals surface area contributed by atoms with Gasteiger partial charge in [-0.1, -0.05) is 18.2 Å². The normalized spacial score (nSPS) is 21.4. The number of allylic oxidation sites excluding steroid dienone is 3. The maximum atomic E-state index is 14.2. The highest BCUT2D eigenvalue weighted by Crippen LogP contribution is 2.47. The SMILES string of the molecule is CCOC(=O)C1=C(C)NC2=C(C(=O)[C@@H](C(=O)OCC)[C@@H](c3ccc(OC)cc3)C2)[C@@H]1c1ccccn1. The molecule has 0 unspecified atom stereocenters. The molecule has 0 bridgehead atoms. The number of nitrogens with one attached hydrogen (secondary N) is 1. The number of rotatable bonds is 7. The van der Waals surface area contributed by atoms with E-state index >= 15 is 0 Å². The second kappa shape index (κ2) is 10.8. The van der Waals surface area contributed by atoms with Crippen molar-refractivity contribution in [3.05, 3.63) is 82.5 Å². The Balaban J connectivity index is 1.87. The Morgan fingerprint density at radius 2 is 1.78 bits per heavy atom. The topological polar surface area (TPSA) is 104 Å². The summed E-state index contributed by atoms with van der Waals surface area (Å²) in [6.45, 7) is 5.57. The van der Waals surface area contributed by atoms with Crippen molar-refractivity contribution in [1.29, 1.82) is 0 Å². The van der Waals surface area contributed by atoms with Gasteiger partial charge in [0.25, 0.3) is 0 Å². The lowest BCUT2D eigenvalue weighted by Crippen LogP contribution is -2.43. The number of hydrogen-bond acceptors (Lipinski definition) is 8. The summed E-state index contributed by atoms with van der Waals surface area (Å²) in [5, 5.41) is 3.28. The van der Waals surface area contributed by atoms with Gasteiger partial charge in [-0.2, -0.15) is 0 Å². The predicted octanol–water partition coefficient (Wildman–Crippen LogP) is 3.80. The second-order valence-corrected chi connectivity index (χ2v) is 8.64. The molecule has 3 atom stereocenters. The van der Waals surface area contributed by atoms with Gasteiger partial charge in [0.05, 0.1) is 37.5 Å². The molecule has 2 heterocycles. The molecule has 0 radical (unpaired) electrons. The van der Waals surface area contributed by atoms with Gasteiger partial charge in [0, 0.05) is 29.1 Å². The number of dihydropyridines is 1. The van der Waals surface area contributed by atoms with E-state index in [2.05, 4.69) is 10.3 Å². The summed E-state index contributed by atoms with van der Waals surface area (Å²) < 4.78 is 16.0. The molecule has 8 heteroatoms. The third-order valence-electron chi connectivity index (χ3n) is 6.58. The van der Waals surface area contributed by atoms with Gasteiger partial charge < -0.3 is 19.5 Å². The third-order valence-corrected chi connectivity index (χ3v) is 6.58. The van der Waals surface area contributed by atoms with Crippen molar-refractivity contribution in [3.8, 4) is 5.75 Å². The van der Waals surface area contributed by atoms with E-state index in [1.54, 1.807) is 64.4 Å². The number of hydrogen-bond donors (Lipinski definition) is 1. The number of carbonyl (C=O) groups is 3. The highest BCUT2D eigenvalue weighted by molar-refractivity contribution is 6.13. The monoisotopic (exact) mass is 490 g/mol. The Labute approximate surface area is 210 Å². The second-order valence-electron chi connectivity index (χ2n) is 8.64. The van der Waals surface area contributed by atoms with Crippen molar-refractivity contribution in [3.63, 3.8) is 0 Å². The van der Waals surface area contributed by atoms with Gasteiger partial charge >= 0.3 is 11.9 Å². The highest BCUT2D eigenvalue weighted by Gasteiger charge is 2.49. The number of Topliss-reactive ketones (excluding diaryl/α,β-unsaturated/α-hetero) is 1. The van der Waals surface area contributed by atoms with Gasteiger partial charge in [-0.3, -0.25) is 14.6 Å². The minimum atomic E-state index is -1.06. The maximum Gasteiger partial charge on any atom is 0.336 e. The molecular weight excluding hydrogens is 460 g/mol. The first kappa shape index (κ1) is 25.2. The van der Waals surface area contributed by atoms with Crippen LogP contribution < -0.4 is 10.1 Å². The molecule has 1 aromatic carbocycles. The molecule has 1 aliphatic carbocycles. The van der Waals surface area contributed by atoms with Crippen molar-refractivity contribution in [2.45, 2.75) is 39.0 Å². The third kappa shape index (κ3) is 4.63. The minimum absolute atomic E-state index is 0.152. The molecular formula is C28H30N2O6. The molecule has 0 spiro atoms. The van der Waals surface area contributed by atoms with Crippen LogP contribution in [0.15, 0.2) is 71.2 Å². The first-order chi connectivity index (χ1) is 17.4.